The summed E-state index contributed by atoms with van der Waals surface area (Å²) < 4.78 is 32.3. The molecule has 0 spiro atoms. The molecule has 0 unspecified atom stereocenters. The van der Waals surface area contributed by atoms with Gasteiger partial charge in [-0.1, -0.05) is 50.2 Å². The van der Waals surface area contributed by atoms with Gasteiger partial charge in [-0.3, -0.25) is 0 Å². The fourth-order valence-electron chi connectivity index (χ4n) is 2.79. The summed E-state index contributed by atoms with van der Waals surface area (Å²) in [5, 5.41) is 17.6. The van der Waals surface area contributed by atoms with Crippen molar-refractivity contribution in [2.45, 2.75) is 39.2 Å². The van der Waals surface area contributed by atoms with Gasteiger partial charge in [0.05, 0.1) is 10.6 Å². The van der Waals surface area contributed by atoms with Crippen LogP contribution in [0.2, 0.25) is 0 Å². The third-order valence-corrected chi connectivity index (χ3v) is 6.70. The number of benzene rings is 2. The third-order valence-electron chi connectivity index (χ3n) is 4.51. The second kappa shape index (κ2) is 10.8. The molecule has 0 aliphatic carbocycles. The molecule has 0 amide bonds. The van der Waals surface area contributed by atoms with Crippen LogP contribution in [-0.4, -0.2) is 36.9 Å². The lowest BCUT2D eigenvalue weighted by Crippen LogP contribution is -2.31. The summed E-state index contributed by atoms with van der Waals surface area (Å²) in [6.07, 6.45) is 0. The molecule has 0 aliphatic rings. The van der Waals surface area contributed by atoms with Crippen molar-refractivity contribution in [2.24, 2.45) is 10.2 Å². The maximum Gasteiger partial charge on any atom is 0.362 e. The quantitative estimate of drug-likeness (QED) is 0.262. The monoisotopic (exact) mass is 445 g/mol. The Balaban J connectivity index is 2.26. The molecule has 0 heterocycles. The first-order chi connectivity index (χ1) is 14.7. The highest BCUT2D eigenvalue weighted by Gasteiger charge is 2.24. The van der Waals surface area contributed by atoms with E-state index in [4.69, 9.17) is 4.74 Å². The number of azo groups is 1. The van der Waals surface area contributed by atoms with Gasteiger partial charge in [0.1, 0.15) is 12.4 Å². The number of ether oxygens (including phenoxy) is 1. The number of aliphatic hydroxyl groups excluding tert-OH is 1. The molecule has 0 bridgehead atoms. The first-order valence-corrected chi connectivity index (χ1v) is 11.3. The van der Waals surface area contributed by atoms with Crippen molar-refractivity contribution < 1.29 is 23.1 Å². The first kappa shape index (κ1) is 24.2. The number of esters is 1. The summed E-state index contributed by atoms with van der Waals surface area (Å²) >= 11 is 0. The summed E-state index contributed by atoms with van der Waals surface area (Å²) in [6, 6.07) is 13.7. The number of nitrogens with zero attached hydrogens (tertiary/aromatic N) is 3. The molecule has 0 saturated heterocycles. The van der Waals surface area contributed by atoms with Gasteiger partial charge in [0.25, 0.3) is 0 Å². The zero-order valence-electron chi connectivity index (χ0n) is 18.1. The van der Waals surface area contributed by atoms with Gasteiger partial charge in [0.2, 0.25) is 15.7 Å². The molecular formula is C22H27N3O5S. The van der Waals surface area contributed by atoms with Gasteiger partial charge in [0, 0.05) is 13.1 Å². The van der Waals surface area contributed by atoms with Crippen molar-refractivity contribution >= 4 is 21.7 Å². The van der Waals surface area contributed by atoms with E-state index in [1.807, 2.05) is 18.2 Å². The van der Waals surface area contributed by atoms with Crippen LogP contribution in [0.5, 0.6) is 0 Å². The highest BCUT2D eigenvalue weighted by molar-refractivity contribution is 7.89. The van der Waals surface area contributed by atoms with E-state index in [0.717, 1.165) is 5.56 Å². The van der Waals surface area contributed by atoms with E-state index in [2.05, 4.69) is 10.2 Å². The van der Waals surface area contributed by atoms with Crippen LogP contribution in [-0.2, 0) is 26.2 Å². The summed E-state index contributed by atoms with van der Waals surface area (Å²) in [5.41, 5.74) is 1.23. The minimum absolute atomic E-state index is 0.0166. The Morgan fingerprint density at radius 3 is 2.32 bits per heavy atom. The number of aliphatic hydroxyl groups is 1. The van der Waals surface area contributed by atoms with E-state index in [1.54, 1.807) is 45.0 Å². The Bertz CT molecular complexity index is 1070. The highest BCUT2D eigenvalue weighted by atomic mass is 32.2. The van der Waals surface area contributed by atoms with Gasteiger partial charge in [-0.25, -0.2) is 13.2 Å². The maximum absolute atomic E-state index is 12.9. The zero-order chi connectivity index (χ0) is 23.0. The SMILES string of the molecule is CCN(CC)S(=O)(=O)c1cc(N=N/C(C(=O)OCc2ccccc2)=C(/C)O)ccc1C. The van der Waals surface area contributed by atoms with Crippen LogP contribution in [0.25, 0.3) is 0 Å². The summed E-state index contributed by atoms with van der Waals surface area (Å²) in [7, 11) is -3.69. The van der Waals surface area contributed by atoms with Gasteiger partial charge >= 0.3 is 5.97 Å². The number of sulfonamides is 1. The largest absolute Gasteiger partial charge is 0.510 e. The predicted octanol–water partition coefficient (Wildman–Crippen LogP) is 4.64. The van der Waals surface area contributed by atoms with Crippen molar-refractivity contribution in [3.63, 3.8) is 0 Å². The van der Waals surface area contributed by atoms with Crippen LogP contribution in [0, 0.1) is 6.92 Å². The molecule has 2 aromatic rings. The second-order valence-corrected chi connectivity index (χ2v) is 8.64. The average molecular weight is 446 g/mol. The molecule has 0 aromatic heterocycles. The molecule has 2 aromatic carbocycles. The molecule has 2 rings (SSSR count). The Morgan fingerprint density at radius 2 is 1.74 bits per heavy atom. The number of carbonyl (C=O) groups is 1. The van der Waals surface area contributed by atoms with E-state index < -0.39 is 16.0 Å². The fourth-order valence-corrected chi connectivity index (χ4v) is 4.49. The van der Waals surface area contributed by atoms with Crippen molar-refractivity contribution in [1.82, 2.24) is 4.31 Å². The minimum Gasteiger partial charge on any atom is -0.510 e. The van der Waals surface area contributed by atoms with E-state index in [1.165, 1.54) is 17.3 Å². The molecule has 0 saturated carbocycles. The topological polar surface area (TPSA) is 109 Å². The van der Waals surface area contributed by atoms with Crippen LogP contribution in [0.3, 0.4) is 0 Å². The Morgan fingerprint density at radius 1 is 1.10 bits per heavy atom. The maximum atomic E-state index is 12.9. The lowest BCUT2D eigenvalue weighted by molar-refractivity contribution is -0.140. The lowest BCUT2D eigenvalue weighted by Gasteiger charge is -2.19. The number of rotatable bonds is 9. The van der Waals surface area contributed by atoms with E-state index >= 15 is 0 Å². The third kappa shape index (κ3) is 6.22. The standard InChI is InChI=1S/C22H27N3O5S/c1-5-25(6-2)31(28,29)20-14-19(13-12-16(20)3)23-24-21(17(4)26)22(27)30-15-18-10-8-7-9-11-18/h7-14,26H,5-6,15H2,1-4H3/b21-17-,24-23?. The number of carbonyl (C=O) groups excluding carboxylic acids is 1. The van der Waals surface area contributed by atoms with E-state index in [0.29, 0.717) is 18.7 Å². The fraction of sp³-hybridized carbons (Fsp3) is 0.318. The Kier molecular flexibility index (Phi) is 8.47. The molecule has 0 aliphatic heterocycles. The van der Waals surface area contributed by atoms with E-state index in [9.17, 15) is 18.3 Å². The predicted molar refractivity (Wildman–Crippen MR) is 117 cm³/mol. The van der Waals surface area contributed by atoms with Gasteiger partial charge in [-0.15, -0.1) is 5.11 Å². The van der Waals surface area contributed by atoms with Crippen molar-refractivity contribution in [1.29, 1.82) is 0 Å². The van der Waals surface area contributed by atoms with Gasteiger partial charge < -0.3 is 9.84 Å². The van der Waals surface area contributed by atoms with Gasteiger partial charge in [0.15, 0.2) is 0 Å². The minimum atomic E-state index is -3.69. The number of aryl methyl sites for hydroxylation is 1. The van der Waals surface area contributed by atoms with Crippen LogP contribution in [0.4, 0.5) is 5.69 Å². The molecule has 166 valence electrons. The summed E-state index contributed by atoms with van der Waals surface area (Å²) in [6.45, 7) is 7.22. The number of allylic oxidation sites excluding steroid dienone is 1. The van der Waals surface area contributed by atoms with Crippen molar-refractivity contribution in [2.75, 3.05) is 13.1 Å². The van der Waals surface area contributed by atoms with Crippen LogP contribution in [0.15, 0.2) is 75.1 Å². The molecule has 9 heteroatoms. The molecule has 31 heavy (non-hydrogen) atoms. The molecule has 8 nitrogen and oxygen atoms in total. The smallest absolute Gasteiger partial charge is 0.362 e. The van der Waals surface area contributed by atoms with E-state index in [-0.39, 0.29) is 28.6 Å². The van der Waals surface area contributed by atoms with Crippen molar-refractivity contribution in [3.8, 4) is 0 Å². The highest BCUT2D eigenvalue weighted by Crippen LogP contribution is 2.26. The van der Waals surface area contributed by atoms with Crippen LogP contribution >= 0.6 is 0 Å². The first-order valence-electron chi connectivity index (χ1n) is 9.84. The van der Waals surface area contributed by atoms with Gasteiger partial charge in [-0.05, 0) is 37.1 Å². The molecule has 1 N–H and O–H groups in total. The van der Waals surface area contributed by atoms with Gasteiger partial charge in [-0.2, -0.15) is 9.42 Å². The second-order valence-electron chi connectivity index (χ2n) is 6.73. The molecule has 0 radical (unpaired) electrons. The molecular weight excluding hydrogens is 418 g/mol. The normalized spacial score (nSPS) is 12.8. The molecule has 0 fully saturated rings. The van der Waals surface area contributed by atoms with Crippen LogP contribution < -0.4 is 0 Å². The number of hydrogen-bond acceptors (Lipinski definition) is 7. The Hall–Kier alpha value is -3.04. The number of hydrogen-bond donors (Lipinski definition) is 1. The molecule has 0 atom stereocenters. The zero-order valence-corrected chi connectivity index (χ0v) is 18.9. The van der Waals surface area contributed by atoms with Crippen LogP contribution in [0.1, 0.15) is 31.9 Å². The van der Waals surface area contributed by atoms with Crippen molar-refractivity contribution in [3.05, 3.63) is 71.1 Å². The lowest BCUT2D eigenvalue weighted by atomic mass is 10.2. The average Bonchev–Trinajstić information content (AvgIpc) is 2.74. The summed E-state index contributed by atoms with van der Waals surface area (Å²) in [5.74, 6) is -1.19. The Labute approximate surface area is 182 Å². The summed E-state index contributed by atoms with van der Waals surface area (Å²) in [4.78, 5) is 12.4.